The van der Waals surface area contributed by atoms with Gasteiger partial charge in [0.2, 0.25) is 5.91 Å². The van der Waals surface area contributed by atoms with Crippen molar-refractivity contribution in [2.24, 2.45) is 0 Å². The molecule has 0 saturated heterocycles. The van der Waals surface area contributed by atoms with Gasteiger partial charge in [-0.3, -0.25) is 4.79 Å². The van der Waals surface area contributed by atoms with Gasteiger partial charge in [-0.25, -0.2) is 4.98 Å². The maximum Gasteiger partial charge on any atom is 0.236 e. The van der Waals surface area contributed by atoms with Crippen LogP contribution in [0.2, 0.25) is 0 Å². The Morgan fingerprint density at radius 2 is 1.92 bits per heavy atom. The van der Waals surface area contributed by atoms with Crippen LogP contribution in [0.4, 0.5) is 5.82 Å². The van der Waals surface area contributed by atoms with E-state index in [1.165, 1.54) is 17.3 Å². The summed E-state index contributed by atoms with van der Waals surface area (Å²) >= 11 is 1.38. The molecule has 2 heterocycles. The van der Waals surface area contributed by atoms with Crippen LogP contribution in [-0.4, -0.2) is 31.4 Å². The molecule has 0 fully saturated rings. The molecule has 0 atom stereocenters. The molecule has 0 spiro atoms. The summed E-state index contributed by atoms with van der Waals surface area (Å²) in [5, 5.41) is 12.1. The zero-order valence-electron chi connectivity index (χ0n) is 13.9. The van der Waals surface area contributed by atoms with E-state index in [1.54, 1.807) is 12.3 Å². The second-order valence-electron chi connectivity index (χ2n) is 5.36. The lowest BCUT2D eigenvalue weighted by atomic mass is 10.1. The summed E-state index contributed by atoms with van der Waals surface area (Å²) in [7, 11) is 0. The van der Waals surface area contributed by atoms with E-state index in [0.717, 1.165) is 23.9 Å². The molecule has 25 heavy (non-hydrogen) atoms. The number of anilines is 1. The van der Waals surface area contributed by atoms with Gasteiger partial charge in [-0.1, -0.05) is 48.2 Å². The largest absolute Gasteiger partial charge is 0.310 e. The van der Waals surface area contributed by atoms with E-state index >= 15 is 0 Å². The zero-order valence-corrected chi connectivity index (χ0v) is 14.7. The lowest BCUT2D eigenvalue weighted by Crippen LogP contribution is -2.15. The van der Waals surface area contributed by atoms with Crippen LogP contribution in [0.15, 0.2) is 59.9 Å². The Labute approximate surface area is 150 Å². The molecule has 1 aromatic carbocycles. The molecule has 3 aromatic rings. The summed E-state index contributed by atoms with van der Waals surface area (Å²) < 4.78 is 2.05. The fraction of sp³-hybridized carbons (Fsp3) is 0.222. The average molecular weight is 353 g/mol. The van der Waals surface area contributed by atoms with E-state index in [4.69, 9.17) is 0 Å². The molecule has 0 bridgehead atoms. The summed E-state index contributed by atoms with van der Waals surface area (Å²) in [6.45, 7) is 2.81. The molecule has 3 rings (SSSR count). The number of aromatic nitrogens is 4. The lowest BCUT2D eigenvalue weighted by molar-refractivity contribution is -0.113. The number of benzene rings is 1. The third kappa shape index (κ3) is 4.67. The topological polar surface area (TPSA) is 72.7 Å². The number of nitrogens with one attached hydrogen (secondary N) is 1. The number of amides is 1. The Balaban J connectivity index is 1.62. The quantitative estimate of drug-likeness (QED) is 0.661. The number of rotatable bonds is 7. The molecule has 0 unspecified atom stereocenters. The second-order valence-corrected chi connectivity index (χ2v) is 6.30. The van der Waals surface area contributed by atoms with Crippen molar-refractivity contribution in [2.75, 3.05) is 11.1 Å². The van der Waals surface area contributed by atoms with Crippen LogP contribution in [0.3, 0.4) is 0 Å². The van der Waals surface area contributed by atoms with Crippen molar-refractivity contribution in [1.29, 1.82) is 0 Å². The standard InChI is InChI=1S/C18H19N5OS/c1-2-23-16(12-14-8-4-3-5-9-14)21-22-18(23)25-13-17(24)20-15-10-6-7-11-19-15/h3-11H,2,12-13H2,1H3,(H,19,20,24). The van der Waals surface area contributed by atoms with Crippen LogP contribution in [0.5, 0.6) is 0 Å². The van der Waals surface area contributed by atoms with Crippen molar-refractivity contribution in [2.45, 2.75) is 25.0 Å². The first-order chi connectivity index (χ1) is 12.3. The Kier molecular flexibility index (Phi) is 5.79. The summed E-state index contributed by atoms with van der Waals surface area (Å²) in [4.78, 5) is 16.1. The molecule has 128 valence electrons. The number of carbonyl (C=O) groups is 1. The van der Waals surface area contributed by atoms with Gasteiger partial charge in [0.15, 0.2) is 5.16 Å². The van der Waals surface area contributed by atoms with Gasteiger partial charge in [0, 0.05) is 19.2 Å². The maximum atomic E-state index is 12.1. The normalized spacial score (nSPS) is 10.6. The third-order valence-corrected chi connectivity index (χ3v) is 4.55. The SMILES string of the molecule is CCn1c(Cc2ccccc2)nnc1SCC(=O)Nc1ccccn1. The number of carbonyl (C=O) groups excluding carboxylic acids is 1. The van der Waals surface area contributed by atoms with Crippen LogP contribution >= 0.6 is 11.8 Å². The molecule has 1 amide bonds. The number of pyridine rings is 1. The van der Waals surface area contributed by atoms with E-state index in [-0.39, 0.29) is 11.7 Å². The number of nitrogens with zero attached hydrogens (tertiary/aromatic N) is 4. The highest BCUT2D eigenvalue weighted by Crippen LogP contribution is 2.19. The smallest absolute Gasteiger partial charge is 0.236 e. The second kappa shape index (κ2) is 8.43. The van der Waals surface area contributed by atoms with E-state index in [2.05, 4.69) is 39.6 Å². The molecule has 7 heteroatoms. The first kappa shape index (κ1) is 17.2. The fourth-order valence-corrected chi connectivity index (χ4v) is 3.22. The molecule has 0 radical (unpaired) electrons. The van der Waals surface area contributed by atoms with Crippen LogP contribution in [0.1, 0.15) is 18.3 Å². The first-order valence-corrected chi connectivity index (χ1v) is 9.04. The van der Waals surface area contributed by atoms with Crippen LogP contribution < -0.4 is 5.32 Å². The predicted octanol–water partition coefficient (Wildman–Crippen LogP) is 3.01. The lowest BCUT2D eigenvalue weighted by Gasteiger charge is -2.07. The minimum Gasteiger partial charge on any atom is -0.310 e. The van der Waals surface area contributed by atoms with Crippen molar-refractivity contribution in [3.05, 3.63) is 66.1 Å². The van der Waals surface area contributed by atoms with Gasteiger partial charge < -0.3 is 9.88 Å². The molecule has 0 aliphatic rings. The predicted molar refractivity (Wildman–Crippen MR) is 98.5 cm³/mol. The maximum absolute atomic E-state index is 12.1. The summed E-state index contributed by atoms with van der Waals surface area (Å²) in [5.74, 6) is 1.61. The molecular formula is C18H19N5OS. The first-order valence-electron chi connectivity index (χ1n) is 8.06. The number of thioether (sulfide) groups is 1. The van der Waals surface area contributed by atoms with Gasteiger partial charge in [0.1, 0.15) is 11.6 Å². The molecule has 6 nitrogen and oxygen atoms in total. The average Bonchev–Trinajstić information content (AvgIpc) is 3.03. The monoisotopic (exact) mass is 353 g/mol. The van der Waals surface area contributed by atoms with Gasteiger partial charge in [-0.05, 0) is 24.6 Å². The van der Waals surface area contributed by atoms with Crippen LogP contribution in [-0.2, 0) is 17.8 Å². The van der Waals surface area contributed by atoms with Crippen molar-refractivity contribution < 1.29 is 4.79 Å². The zero-order chi connectivity index (χ0) is 17.5. The highest BCUT2D eigenvalue weighted by molar-refractivity contribution is 7.99. The Morgan fingerprint density at radius 3 is 2.64 bits per heavy atom. The third-order valence-electron chi connectivity index (χ3n) is 3.58. The van der Waals surface area contributed by atoms with Gasteiger partial charge in [-0.15, -0.1) is 10.2 Å². The highest BCUT2D eigenvalue weighted by atomic mass is 32.2. The molecule has 0 saturated carbocycles. The Hall–Kier alpha value is -2.67. The number of hydrogen-bond acceptors (Lipinski definition) is 5. The van der Waals surface area contributed by atoms with Crippen LogP contribution in [0, 0.1) is 0 Å². The highest BCUT2D eigenvalue weighted by Gasteiger charge is 2.13. The van der Waals surface area contributed by atoms with Gasteiger partial charge in [-0.2, -0.15) is 0 Å². The van der Waals surface area contributed by atoms with Crippen molar-refractivity contribution in [3.63, 3.8) is 0 Å². The van der Waals surface area contributed by atoms with E-state index in [1.807, 2.05) is 34.9 Å². The molecule has 2 aromatic heterocycles. The Morgan fingerprint density at radius 1 is 1.12 bits per heavy atom. The summed E-state index contributed by atoms with van der Waals surface area (Å²) in [5.41, 5.74) is 1.19. The van der Waals surface area contributed by atoms with E-state index in [9.17, 15) is 4.79 Å². The van der Waals surface area contributed by atoms with Crippen LogP contribution in [0.25, 0.3) is 0 Å². The Bertz CT molecular complexity index is 820. The number of hydrogen-bond donors (Lipinski definition) is 1. The van der Waals surface area contributed by atoms with Crippen molar-refractivity contribution >= 4 is 23.5 Å². The molecule has 0 aliphatic carbocycles. The van der Waals surface area contributed by atoms with Gasteiger partial charge in [0.05, 0.1) is 5.75 Å². The molecule has 1 N–H and O–H groups in total. The molecule has 0 aliphatic heterocycles. The summed E-state index contributed by atoms with van der Waals surface area (Å²) in [6, 6.07) is 15.6. The van der Waals surface area contributed by atoms with Crippen molar-refractivity contribution in [1.82, 2.24) is 19.7 Å². The molecular weight excluding hydrogens is 334 g/mol. The summed E-state index contributed by atoms with van der Waals surface area (Å²) in [6.07, 6.45) is 2.37. The minimum atomic E-state index is -0.112. The fourth-order valence-electron chi connectivity index (χ4n) is 2.40. The van der Waals surface area contributed by atoms with Gasteiger partial charge in [0.25, 0.3) is 0 Å². The van der Waals surface area contributed by atoms with Crippen molar-refractivity contribution in [3.8, 4) is 0 Å². The van der Waals surface area contributed by atoms with E-state index < -0.39 is 0 Å². The van der Waals surface area contributed by atoms with E-state index in [0.29, 0.717) is 5.82 Å². The van der Waals surface area contributed by atoms with Gasteiger partial charge >= 0.3 is 0 Å². The minimum absolute atomic E-state index is 0.112.